The van der Waals surface area contributed by atoms with Crippen molar-refractivity contribution in [3.05, 3.63) is 57.6 Å². The molecule has 130 valence electrons. The maximum Gasteiger partial charge on any atom is -0.0122 e. The molecule has 0 saturated heterocycles. The summed E-state index contributed by atoms with van der Waals surface area (Å²) in [6, 6.07) is 9.47. The van der Waals surface area contributed by atoms with Gasteiger partial charge in [0.05, 0.1) is 0 Å². The van der Waals surface area contributed by atoms with Crippen LogP contribution in [-0.4, -0.2) is 0 Å². The van der Waals surface area contributed by atoms with E-state index in [1.165, 1.54) is 44.5 Å². The average Bonchev–Trinajstić information content (AvgIpc) is 2.36. The molecule has 0 nitrogen and oxygen atoms in total. The molecule has 0 bridgehead atoms. The van der Waals surface area contributed by atoms with Crippen LogP contribution in [0.1, 0.15) is 74.9 Å². The lowest BCUT2D eigenvalue weighted by Gasteiger charge is -2.29. The van der Waals surface area contributed by atoms with E-state index in [-0.39, 0.29) is 10.8 Å². The van der Waals surface area contributed by atoms with Crippen molar-refractivity contribution < 1.29 is 0 Å². The highest BCUT2D eigenvalue weighted by atomic mass is 14.3. The Balaban J connectivity index is 2.89. The fourth-order valence-corrected chi connectivity index (χ4v) is 3.79. The standard InChI is InChI=1S/C24H34/c1-15-11-16(2)22(17(3)12-15)20-13-19(23(5,6)7)14-21(18(20)4)24(8,9)10/h11-14H,1-10H3. The zero-order valence-corrected chi connectivity index (χ0v) is 17.3. The number of hydrogen-bond donors (Lipinski definition) is 0. The third-order valence-electron chi connectivity index (χ3n) is 5.03. The highest BCUT2D eigenvalue weighted by Gasteiger charge is 2.24. The number of aryl methyl sites for hydroxylation is 3. The summed E-state index contributed by atoms with van der Waals surface area (Å²) in [6.45, 7) is 22.9. The summed E-state index contributed by atoms with van der Waals surface area (Å²) < 4.78 is 0. The summed E-state index contributed by atoms with van der Waals surface area (Å²) >= 11 is 0. The first-order valence-corrected chi connectivity index (χ1v) is 9.06. The minimum Gasteiger partial charge on any atom is -0.0561 e. The summed E-state index contributed by atoms with van der Waals surface area (Å²) in [6.07, 6.45) is 0. The van der Waals surface area contributed by atoms with Gasteiger partial charge in [-0.05, 0) is 77.5 Å². The van der Waals surface area contributed by atoms with E-state index in [1.54, 1.807) is 0 Å². The molecule has 0 heterocycles. The fourth-order valence-electron chi connectivity index (χ4n) is 3.79. The summed E-state index contributed by atoms with van der Waals surface area (Å²) in [7, 11) is 0. The third-order valence-corrected chi connectivity index (χ3v) is 5.03. The molecule has 0 N–H and O–H groups in total. The molecule has 2 aromatic rings. The normalized spacial score (nSPS) is 12.6. The lowest BCUT2D eigenvalue weighted by atomic mass is 9.75. The summed E-state index contributed by atoms with van der Waals surface area (Å²) in [5.74, 6) is 0. The van der Waals surface area contributed by atoms with Gasteiger partial charge in [0.1, 0.15) is 0 Å². The maximum atomic E-state index is 2.43. The van der Waals surface area contributed by atoms with Gasteiger partial charge in [-0.1, -0.05) is 71.4 Å². The van der Waals surface area contributed by atoms with E-state index in [0.717, 1.165) is 0 Å². The van der Waals surface area contributed by atoms with Gasteiger partial charge < -0.3 is 0 Å². The van der Waals surface area contributed by atoms with Crippen molar-refractivity contribution in [1.29, 1.82) is 0 Å². The highest BCUT2D eigenvalue weighted by Crippen LogP contribution is 2.39. The highest BCUT2D eigenvalue weighted by molar-refractivity contribution is 5.76. The topological polar surface area (TPSA) is 0 Å². The summed E-state index contributed by atoms with van der Waals surface area (Å²) in [4.78, 5) is 0. The van der Waals surface area contributed by atoms with Gasteiger partial charge >= 0.3 is 0 Å². The van der Waals surface area contributed by atoms with Crippen LogP contribution < -0.4 is 0 Å². The Hall–Kier alpha value is -1.56. The lowest BCUT2D eigenvalue weighted by molar-refractivity contribution is 0.566. The van der Waals surface area contributed by atoms with E-state index in [9.17, 15) is 0 Å². The van der Waals surface area contributed by atoms with Gasteiger partial charge in [0.15, 0.2) is 0 Å². The SMILES string of the molecule is Cc1cc(C)c(-c2cc(C(C)(C)C)cc(C(C)(C)C)c2C)c(C)c1. The van der Waals surface area contributed by atoms with Crippen molar-refractivity contribution in [3.8, 4) is 11.1 Å². The van der Waals surface area contributed by atoms with Crippen LogP contribution in [0.25, 0.3) is 11.1 Å². The first-order chi connectivity index (χ1) is 10.8. The summed E-state index contributed by atoms with van der Waals surface area (Å²) in [5.41, 5.74) is 11.5. The van der Waals surface area contributed by atoms with Crippen LogP contribution >= 0.6 is 0 Å². The summed E-state index contributed by atoms with van der Waals surface area (Å²) in [5, 5.41) is 0. The Morgan fingerprint density at radius 2 is 1.12 bits per heavy atom. The van der Waals surface area contributed by atoms with Crippen LogP contribution in [0.15, 0.2) is 24.3 Å². The number of hydrogen-bond acceptors (Lipinski definition) is 0. The second kappa shape index (κ2) is 6.06. The smallest absolute Gasteiger partial charge is 0.0122 e. The van der Waals surface area contributed by atoms with E-state index in [4.69, 9.17) is 0 Å². The van der Waals surface area contributed by atoms with Gasteiger partial charge in [0.25, 0.3) is 0 Å². The Bertz CT molecular complexity index is 739. The second-order valence-electron chi connectivity index (χ2n) is 9.47. The Labute approximate surface area is 149 Å². The van der Waals surface area contributed by atoms with Crippen molar-refractivity contribution in [2.24, 2.45) is 0 Å². The molecule has 0 fully saturated rings. The molecule has 2 rings (SSSR count). The van der Waals surface area contributed by atoms with Gasteiger partial charge in [-0.25, -0.2) is 0 Å². The van der Waals surface area contributed by atoms with Crippen molar-refractivity contribution >= 4 is 0 Å². The quantitative estimate of drug-likeness (QED) is 0.521. The second-order valence-corrected chi connectivity index (χ2v) is 9.47. The molecule has 0 amide bonds. The number of rotatable bonds is 1. The van der Waals surface area contributed by atoms with Crippen molar-refractivity contribution in [2.45, 2.75) is 80.1 Å². The molecule has 0 radical (unpaired) electrons. The molecular weight excluding hydrogens is 288 g/mol. The van der Waals surface area contributed by atoms with E-state index >= 15 is 0 Å². The van der Waals surface area contributed by atoms with E-state index in [0.29, 0.717) is 0 Å². The molecule has 0 spiro atoms. The molecule has 0 aliphatic rings. The molecule has 0 unspecified atom stereocenters. The van der Waals surface area contributed by atoms with Gasteiger partial charge in [0.2, 0.25) is 0 Å². The first-order valence-electron chi connectivity index (χ1n) is 9.06. The molecule has 0 saturated carbocycles. The zero-order valence-electron chi connectivity index (χ0n) is 17.3. The average molecular weight is 323 g/mol. The number of benzene rings is 2. The third kappa shape index (κ3) is 3.58. The van der Waals surface area contributed by atoms with Crippen LogP contribution in [0.5, 0.6) is 0 Å². The Morgan fingerprint density at radius 3 is 1.54 bits per heavy atom. The molecule has 0 heteroatoms. The molecule has 0 atom stereocenters. The largest absolute Gasteiger partial charge is 0.0561 e. The van der Waals surface area contributed by atoms with Crippen LogP contribution in [0, 0.1) is 27.7 Å². The molecular formula is C24H34. The van der Waals surface area contributed by atoms with Crippen LogP contribution in [0.4, 0.5) is 0 Å². The predicted molar refractivity (Wildman–Crippen MR) is 108 cm³/mol. The van der Waals surface area contributed by atoms with Gasteiger partial charge in [-0.3, -0.25) is 0 Å². The molecule has 0 aliphatic carbocycles. The van der Waals surface area contributed by atoms with Crippen LogP contribution in [0.2, 0.25) is 0 Å². The molecule has 0 aromatic heterocycles. The van der Waals surface area contributed by atoms with E-state index in [1.807, 2.05) is 0 Å². The zero-order chi connectivity index (χ0) is 18.4. The molecule has 24 heavy (non-hydrogen) atoms. The Kier molecular flexibility index (Phi) is 4.74. The predicted octanol–water partition coefficient (Wildman–Crippen LogP) is 7.18. The Morgan fingerprint density at radius 1 is 0.625 bits per heavy atom. The fraction of sp³-hybridized carbons (Fsp3) is 0.500. The van der Waals surface area contributed by atoms with Gasteiger partial charge in [-0.15, -0.1) is 0 Å². The lowest BCUT2D eigenvalue weighted by Crippen LogP contribution is -2.18. The van der Waals surface area contributed by atoms with Crippen molar-refractivity contribution in [1.82, 2.24) is 0 Å². The van der Waals surface area contributed by atoms with Crippen molar-refractivity contribution in [3.63, 3.8) is 0 Å². The maximum absolute atomic E-state index is 2.43. The van der Waals surface area contributed by atoms with Gasteiger partial charge in [0, 0.05) is 0 Å². The van der Waals surface area contributed by atoms with Crippen molar-refractivity contribution in [2.75, 3.05) is 0 Å². The molecule has 2 aromatic carbocycles. The minimum atomic E-state index is 0.145. The van der Waals surface area contributed by atoms with E-state index < -0.39 is 0 Å². The minimum absolute atomic E-state index is 0.145. The molecule has 0 aliphatic heterocycles. The first kappa shape index (κ1) is 18.8. The monoisotopic (exact) mass is 322 g/mol. The van der Waals surface area contributed by atoms with E-state index in [2.05, 4.69) is 93.5 Å². The van der Waals surface area contributed by atoms with Crippen LogP contribution in [-0.2, 0) is 10.8 Å². The van der Waals surface area contributed by atoms with Gasteiger partial charge in [-0.2, -0.15) is 0 Å². The van der Waals surface area contributed by atoms with Crippen LogP contribution in [0.3, 0.4) is 0 Å².